The van der Waals surface area contributed by atoms with Crippen molar-refractivity contribution in [2.75, 3.05) is 18.6 Å². The number of rotatable bonds is 3. The van der Waals surface area contributed by atoms with Gasteiger partial charge in [-0.05, 0) is 17.7 Å². The van der Waals surface area contributed by atoms with Crippen molar-refractivity contribution < 1.29 is 4.74 Å². The van der Waals surface area contributed by atoms with Crippen molar-refractivity contribution >= 4 is 24.4 Å². The molecule has 70 valence electrons. The van der Waals surface area contributed by atoms with Crippen LogP contribution in [0.3, 0.4) is 0 Å². The SMILES string of the molecule is COc1ccc(C=CCS)c(N)c1. The van der Waals surface area contributed by atoms with E-state index in [-0.39, 0.29) is 0 Å². The molecule has 2 nitrogen and oxygen atoms in total. The summed E-state index contributed by atoms with van der Waals surface area (Å²) in [6.07, 6.45) is 3.89. The highest BCUT2D eigenvalue weighted by Gasteiger charge is 1.96. The lowest BCUT2D eigenvalue weighted by molar-refractivity contribution is 0.415. The Kier molecular flexibility index (Phi) is 3.71. The molecule has 0 amide bonds. The number of ether oxygens (including phenoxy) is 1. The van der Waals surface area contributed by atoms with Gasteiger partial charge in [0.25, 0.3) is 0 Å². The van der Waals surface area contributed by atoms with Crippen molar-refractivity contribution in [1.29, 1.82) is 0 Å². The third kappa shape index (κ3) is 2.70. The number of nitrogen functional groups attached to an aromatic ring is 1. The molecule has 1 rings (SSSR count). The summed E-state index contributed by atoms with van der Waals surface area (Å²) >= 11 is 4.07. The summed E-state index contributed by atoms with van der Waals surface area (Å²) in [7, 11) is 1.62. The van der Waals surface area contributed by atoms with Gasteiger partial charge in [-0.1, -0.05) is 12.2 Å². The number of thiol groups is 1. The van der Waals surface area contributed by atoms with Gasteiger partial charge in [0.05, 0.1) is 7.11 Å². The smallest absolute Gasteiger partial charge is 0.120 e. The Morgan fingerprint density at radius 1 is 1.54 bits per heavy atom. The van der Waals surface area contributed by atoms with E-state index in [1.165, 1.54) is 0 Å². The van der Waals surface area contributed by atoms with Crippen LogP contribution >= 0.6 is 12.6 Å². The summed E-state index contributed by atoms with van der Waals surface area (Å²) in [5.41, 5.74) is 7.50. The van der Waals surface area contributed by atoms with Gasteiger partial charge in [0, 0.05) is 17.5 Å². The largest absolute Gasteiger partial charge is 0.497 e. The maximum atomic E-state index is 5.78. The molecule has 0 bridgehead atoms. The van der Waals surface area contributed by atoms with Crippen LogP contribution in [-0.2, 0) is 0 Å². The normalized spacial score (nSPS) is 10.6. The molecule has 1 aromatic rings. The van der Waals surface area contributed by atoms with Gasteiger partial charge < -0.3 is 10.5 Å². The van der Waals surface area contributed by atoms with Crippen molar-refractivity contribution in [3.63, 3.8) is 0 Å². The topological polar surface area (TPSA) is 35.2 Å². The quantitative estimate of drug-likeness (QED) is 0.573. The molecular weight excluding hydrogens is 182 g/mol. The van der Waals surface area contributed by atoms with Gasteiger partial charge >= 0.3 is 0 Å². The first-order valence-electron chi connectivity index (χ1n) is 3.99. The highest BCUT2D eigenvalue weighted by Crippen LogP contribution is 2.20. The molecular formula is C10H13NOS. The number of methoxy groups -OCH3 is 1. The molecule has 0 heterocycles. The van der Waals surface area contributed by atoms with E-state index in [4.69, 9.17) is 10.5 Å². The molecule has 0 saturated carbocycles. The van der Waals surface area contributed by atoms with Crippen LogP contribution in [0.1, 0.15) is 5.56 Å². The first kappa shape index (κ1) is 9.99. The minimum absolute atomic E-state index is 0.714. The predicted molar refractivity (Wildman–Crippen MR) is 60.3 cm³/mol. The van der Waals surface area contributed by atoms with E-state index in [0.717, 1.165) is 17.0 Å². The number of hydrogen-bond acceptors (Lipinski definition) is 3. The van der Waals surface area contributed by atoms with Gasteiger partial charge in [-0.15, -0.1) is 0 Å². The van der Waals surface area contributed by atoms with Gasteiger partial charge in [-0.2, -0.15) is 12.6 Å². The molecule has 1 aromatic carbocycles. The zero-order valence-corrected chi connectivity index (χ0v) is 8.42. The zero-order valence-electron chi connectivity index (χ0n) is 7.53. The summed E-state index contributed by atoms with van der Waals surface area (Å²) in [6, 6.07) is 5.61. The fourth-order valence-electron chi connectivity index (χ4n) is 1.01. The van der Waals surface area contributed by atoms with Crippen LogP contribution in [0, 0.1) is 0 Å². The van der Waals surface area contributed by atoms with E-state index < -0.39 is 0 Å². The zero-order chi connectivity index (χ0) is 9.68. The molecule has 0 aliphatic carbocycles. The summed E-state index contributed by atoms with van der Waals surface area (Å²) < 4.78 is 5.04. The van der Waals surface area contributed by atoms with Crippen molar-refractivity contribution in [3.8, 4) is 5.75 Å². The lowest BCUT2D eigenvalue weighted by atomic mass is 10.1. The average molecular weight is 195 g/mol. The first-order chi connectivity index (χ1) is 6.27. The van der Waals surface area contributed by atoms with Crippen LogP contribution in [0.2, 0.25) is 0 Å². The van der Waals surface area contributed by atoms with E-state index in [0.29, 0.717) is 5.75 Å². The summed E-state index contributed by atoms with van der Waals surface area (Å²) in [5, 5.41) is 0. The van der Waals surface area contributed by atoms with Crippen LogP contribution < -0.4 is 10.5 Å². The summed E-state index contributed by atoms with van der Waals surface area (Å²) in [4.78, 5) is 0. The Bertz CT molecular complexity index is 310. The Morgan fingerprint density at radius 2 is 2.31 bits per heavy atom. The van der Waals surface area contributed by atoms with Crippen LogP contribution in [0.4, 0.5) is 5.69 Å². The lowest BCUT2D eigenvalue weighted by Crippen LogP contribution is -1.91. The van der Waals surface area contributed by atoms with Gasteiger partial charge in [0.1, 0.15) is 5.75 Å². The summed E-state index contributed by atoms with van der Waals surface area (Å²) in [6.45, 7) is 0. The highest BCUT2D eigenvalue weighted by molar-refractivity contribution is 7.80. The number of benzene rings is 1. The van der Waals surface area contributed by atoms with E-state index in [2.05, 4.69) is 12.6 Å². The lowest BCUT2D eigenvalue weighted by Gasteiger charge is -2.03. The van der Waals surface area contributed by atoms with E-state index in [1.54, 1.807) is 13.2 Å². The molecule has 0 spiro atoms. The third-order valence-electron chi connectivity index (χ3n) is 1.70. The van der Waals surface area contributed by atoms with Crippen molar-refractivity contribution in [2.24, 2.45) is 0 Å². The van der Waals surface area contributed by atoms with E-state index in [9.17, 15) is 0 Å². The molecule has 0 saturated heterocycles. The third-order valence-corrected chi connectivity index (χ3v) is 1.91. The van der Waals surface area contributed by atoms with Crippen LogP contribution in [0.5, 0.6) is 5.75 Å². The first-order valence-corrected chi connectivity index (χ1v) is 4.62. The molecule has 3 heteroatoms. The standard InChI is InChI=1S/C10H13NOS/c1-12-9-5-4-8(3-2-6-13)10(11)7-9/h2-5,7,13H,6,11H2,1H3. The molecule has 0 atom stereocenters. The molecule has 0 aliphatic heterocycles. The molecule has 0 unspecified atom stereocenters. The van der Waals surface area contributed by atoms with Crippen LogP contribution in [0.25, 0.3) is 6.08 Å². The average Bonchev–Trinajstić information content (AvgIpc) is 2.16. The van der Waals surface area contributed by atoms with Crippen molar-refractivity contribution in [1.82, 2.24) is 0 Å². The van der Waals surface area contributed by atoms with E-state index >= 15 is 0 Å². The molecule has 0 aromatic heterocycles. The van der Waals surface area contributed by atoms with E-state index in [1.807, 2.05) is 24.3 Å². The van der Waals surface area contributed by atoms with Crippen LogP contribution in [-0.4, -0.2) is 12.9 Å². The molecule has 2 N–H and O–H groups in total. The second-order valence-electron chi connectivity index (χ2n) is 2.58. The van der Waals surface area contributed by atoms with Crippen molar-refractivity contribution in [3.05, 3.63) is 29.8 Å². The minimum atomic E-state index is 0.714. The minimum Gasteiger partial charge on any atom is -0.497 e. The molecule has 0 fully saturated rings. The van der Waals surface area contributed by atoms with Gasteiger partial charge in [-0.25, -0.2) is 0 Å². The Labute approximate surface area is 83.8 Å². The number of nitrogens with two attached hydrogens (primary N) is 1. The molecule has 0 aliphatic rings. The summed E-state index contributed by atoms with van der Waals surface area (Å²) in [5.74, 6) is 1.49. The molecule has 13 heavy (non-hydrogen) atoms. The predicted octanol–water partition coefficient (Wildman–Crippen LogP) is 2.22. The second-order valence-corrected chi connectivity index (χ2v) is 2.94. The second kappa shape index (κ2) is 4.82. The van der Waals surface area contributed by atoms with Crippen LogP contribution in [0.15, 0.2) is 24.3 Å². The molecule has 0 radical (unpaired) electrons. The van der Waals surface area contributed by atoms with Gasteiger partial charge in [0.15, 0.2) is 0 Å². The number of hydrogen-bond donors (Lipinski definition) is 2. The monoisotopic (exact) mass is 195 g/mol. The maximum Gasteiger partial charge on any atom is 0.120 e. The number of anilines is 1. The van der Waals surface area contributed by atoms with Gasteiger partial charge in [0.2, 0.25) is 0 Å². The van der Waals surface area contributed by atoms with Crippen molar-refractivity contribution in [2.45, 2.75) is 0 Å². The highest BCUT2D eigenvalue weighted by atomic mass is 32.1. The fraction of sp³-hybridized carbons (Fsp3) is 0.200. The Morgan fingerprint density at radius 3 is 2.85 bits per heavy atom. The maximum absolute atomic E-state index is 5.78. The Balaban J connectivity index is 2.91. The Hall–Kier alpha value is -1.09. The fourth-order valence-corrected chi connectivity index (χ4v) is 1.12. The van der Waals surface area contributed by atoms with Gasteiger partial charge in [-0.3, -0.25) is 0 Å².